The van der Waals surface area contributed by atoms with Gasteiger partial charge in [-0.15, -0.1) is 0 Å². The van der Waals surface area contributed by atoms with Gasteiger partial charge in [-0.3, -0.25) is 14.9 Å². The summed E-state index contributed by atoms with van der Waals surface area (Å²) in [4.78, 5) is 30.5. The van der Waals surface area contributed by atoms with E-state index >= 15 is 0 Å². The van der Waals surface area contributed by atoms with Gasteiger partial charge in [0.2, 0.25) is 0 Å². The summed E-state index contributed by atoms with van der Waals surface area (Å²) in [5.41, 5.74) is 0.873. The van der Waals surface area contributed by atoms with Gasteiger partial charge in [0.15, 0.2) is 5.82 Å². The Bertz CT molecular complexity index is 657. The molecule has 0 saturated carbocycles. The zero-order valence-corrected chi connectivity index (χ0v) is 13.6. The van der Waals surface area contributed by atoms with Crippen molar-refractivity contribution in [1.29, 1.82) is 0 Å². The van der Waals surface area contributed by atoms with Gasteiger partial charge in [-0.1, -0.05) is 19.8 Å². The van der Waals surface area contributed by atoms with Crippen molar-refractivity contribution in [2.45, 2.75) is 51.2 Å². The van der Waals surface area contributed by atoms with E-state index in [-0.39, 0.29) is 19.0 Å². The maximum atomic E-state index is 11.4. The van der Waals surface area contributed by atoms with Gasteiger partial charge in [0.05, 0.1) is 12.5 Å². The Morgan fingerprint density at radius 3 is 2.75 bits per heavy atom. The van der Waals surface area contributed by atoms with E-state index in [2.05, 4.69) is 22.2 Å². The fraction of sp³-hybridized carbons (Fsp3) is 0.500. The third-order valence-corrected chi connectivity index (χ3v) is 3.84. The third-order valence-electron chi connectivity index (χ3n) is 3.84. The molecule has 2 rings (SSSR count). The Balaban J connectivity index is 2.18. The minimum atomic E-state index is -1.05. The molecule has 0 aromatic heterocycles. The first-order valence-corrected chi connectivity index (χ1v) is 8.00. The van der Waals surface area contributed by atoms with Crippen LogP contribution < -0.4 is 5.32 Å². The molecule has 2 aliphatic rings. The Hall–Kier alpha value is -2.48. The Kier molecular flexibility index (Phi) is 6.25. The summed E-state index contributed by atoms with van der Waals surface area (Å²) in [6.45, 7) is 2.06. The van der Waals surface area contributed by atoms with Crippen LogP contribution in [0.15, 0.2) is 24.8 Å². The van der Waals surface area contributed by atoms with E-state index in [1.54, 1.807) is 12.5 Å². The number of aliphatic carboxylic acids is 2. The average Bonchev–Trinajstić information content (AvgIpc) is 3.01. The first-order valence-electron chi connectivity index (χ1n) is 8.00. The molecule has 8 nitrogen and oxygen atoms in total. The van der Waals surface area contributed by atoms with Crippen molar-refractivity contribution in [3.05, 3.63) is 24.8 Å². The van der Waals surface area contributed by atoms with Crippen LogP contribution in [0.2, 0.25) is 0 Å². The molecular weight excluding hydrogens is 312 g/mol. The van der Waals surface area contributed by atoms with Crippen LogP contribution in [-0.4, -0.2) is 42.7 Å². The van der Waals surface area contributed by atoms with E-state index in [0.29, 0.717) is 5.82 Å². The summed E-state index contributed by atoms with van der Waals surface area (Å²) in [6, 6.07) is 0.915. The normalized spacial score (nSPS) is 13.7. The van der Waals surface area contributed by atoms with Crippen molar-refractivity contribution >= 4 is 11.9 Å². The smallest absolute Gasteiger partial charge is 0.320 e. The zero-order valence-electron chi connectivity index (χ0n) is 13.6. The molecule has 0 amide bonds. The number of hydrogen-bond donors (Lipinski definition) is 3. The van der Waals surface area contributed by atoms with E-state index in [0.717, 1.165) is 24.8 Å². The number of nitrogens with one attached hydrogen (secondary N) is 1. The van der Waals surface area contributed by atoms with Gasteiger partial charge in [-0.2, -0.15) is 0 Å². The van der Waals surface area contributed by atoms with Crippen molar-refractivity contribution in [3.8, 4) is 11.4 Å². The number of fused-ring (bicyclic) bond motifs is 1. The second kappa shape index (κ2) is 8.39. The molecule has 0 bridgehead atoms. The monoisotopic (exact) mass is 334 g/mol. The Morgan fingerprint density at radius 1 is 1.29 bits per heavy atom. The molecule has 0 fully saturated rings. The molecule has 130 valence electrons. The summed E-state index contributed by atoms with van der Waals surface area (Å²) in [7, 11) is 0. The molecule has 0 aliphatic carbocycles. The summed E-state index contributed by atoms with van der Waals surface area (Å²) in [5, 5.41) is 21.2. The summed E-state index contributed by atoms with van der Waals surface area (Å²) in [5.74, 6) is -1.42. The average molecular weight is 334 g/mol. The summed E-state index contributed by atoms with van der Waals surface area (Å²) in [6.07, 6.45) is 7.33. The molecule has 0 aromatic rings. The number of nitrogens with zero attached hydrogens (tertiary/aromatic N) is 3. The molecule has 24 heavy (non-hydrogen) atoms. The van der Waals surface area contributed by atoms with Gasteiger partial charge in [0.25, 0.3) is 0 Å². The van der Waals surface area contributed by atoms with Crippen LogP contribution in [0.4, 0.5) is 0 Å². The highest BCUT2D eigenvalue weighted by atomic mass is 16.4. The second-order valence-electron chi connectivity index (χ2n) is 5.69. The van der Waals surface area contributed by atoms with Crippen LogP contribution in [0.5, 0.6) is 0 Å². The molecule has 3 N–H and O–H groups in total. The number of unbranched alkanes of at least 4 members (excludes halogenated alkanes) is 1. The van der Waals surface area contributed by atoms with Crippen molar-refractivity contribution in [2.75, 3.05) is 0 Å². The lowest BCUT2D eigenvalue weighted by Crippen LogP contribution is -2.41. The number of aromatic nitrogens is 3. The standard InChI is InChI=1S/C16H22N4O4/c1-2-3-4-13(19-12(16(23)24)5-6-14(21)22)20-9-11-7-8-17-15(11)18-10-20/h7-10,12-13,19H,2-6H2,1H3,(H,21,22)(H,23,24). The molecule has 2 aliphatic heterocycles. The SMILES string of the molecule is CCCCC(NC(CCC(=O)O)C(=O)O)n1cnc2nccc-2c1. The lowest BCUT2D eigenvalue weighted by atomic mass is 10.1. The summed E-state index contributed by atoms with van der Waals surface area (Å²) < 4.78 is 1.83. The van der Waals surface area contributed by atoms with E-state index < -0.39 is 18.0 Å². The summed E-state index contributed by atoms with van der Waals surface area (Å²) >= 11 is 0. The van der Waals surface area contributed by atoms with Crippen LogP contribution in [0.1, 0.15) is 45.2 Å². The van der Waals surface area contributed by atoms with E-state index in [1.807, 2.05) is 16.8 Å². The van der Waals surface area contributed by atoms with E-state index in [4.69, 9.17) is 5.11 Å². The molecule has 0 radical (unpaired) electrons. The van der Waals surface area contributed by atoms with Crippen molar-refractivity contribution in [2.24, 2.45) is 0 Å². The first-order chi connectivity index (χ1) is 11.5. The van der Waals surface area contributed by atoms with Gasteiger partial charge >= 0.3 is 11.9 Å². The van der Waals surface area contributed by atoms with Crippen LogP contribution in [-0.2, 0) is 9.59 Å². The molecule has 8 heteroatoms. The van der Waals surface area contributed by atoms with E-state index in [9.17, 15) is 14.7 Å². The number of rotatable bonds is 10. The minimum Gasteiger partial charge on any atom is -0.481 e. The van der Waals surface area contributed by atoms with Crippen molar-refractivity contribution in [3.63, 3.8) is 0 Å². The van der Waals surface area contributed by atoms with Gasteiger partial charge < -0.3 is 14.8 Å². The number of carbonyl (C=O) groups is 2. The van der Waals surface area contributed by atoms with Gasteiger partial charge in [0.1, 0.15) is 6.04 Å². The Labute approximate surface area is 139 Å². The molecule has 2 unspecified atom stereocenters. The number of carboxylic acid groups (broad SMARTS) is 2. The molecule has 2 heterocycles. The largest absolute Gasteiger partial charge is 0.481 e. The predicted molar refractivity (Wildman–Crippen MR) is 86.6 cm³/mol. The van der Waals surface area contributed by atoms with Crippen LogP contribution in [0.3, 0.4) is 0 Å². The minimum absolute atomic E-state index is 0.0292. The fourth-order valence-corrected chi connectivity index (χ4v) is 2.53. The highest BCUT2D eigenvalue weighted by molar-refractivity contribution is 5.75. The quantitative estimate of drug-likeness (QED) is 0.608. The van der Waals surface area contributed by atoms with Gasteiger partial charge in [-0.05, 0) is 18.9 Å². The second-order valence-corrected chi connectivity index (χ2v) is 5.69. The van der Waals surface area contributed by atoms with Crippen LogP contribution in [0.25, 0.3) is 11.4 Å². The number of hydrogen-bond acceptors (Lipinski definition) is 5. The van der Waals surface area contributed by atoms with Gasteiger partial charge in [-0.25, -0.2) is 9.97 Å². The third kappa shape index (κ3) is 4.76. The molecule has 2 atom stereocenters. The van der Waals surface area contributed by atoms with Crippen molar-refractivity contribution < 1.29 is 19.8 Å². The molecule has 0 saturated heterocycles. The van der Waals surface area contributed by atoms with Crippen LogP contribution in [0, 0.1) is 0 Å². The zero-order chi connectivity index (χ0) is 17.5. The van der Waals surface area contributed by atoms with E-state index in [1.165, 1.54) is 0 Å². The lowest BCUT2D eigenvalue weighted by molar-refractivity contribution is -0.141. The molecule has 0 aromatic carbocycles. The van der Waals surface area contributed by atoms with Crippen molar-refractivity contribution in [1.82, 2.24) is 19.9 Å². The lowest BCUT2D eigenvalue weighted by Gasteiger charge is -2.26. The maximum absolute atomic E-state index is 11.4. The predicted octanol–water partition coefficient (Wildman–Crippen LogP) is 1.98. The van der Waals surface area contributed by atoms with Crippen LogP contribution >= 0.6 is 0 Å². The highest BCUT2D eigenvalue weighted by Crippen LogP contribution is 2.20. The van der Waals surface area contributed by atoms with Gasteiger partial charge in [0, 0.05) is 24.4 Å². The first kappa shape index (κ1) is 17.9. The maximum Gasteiger partial charge on any atom is 0.320 e. The Morgan fingerprint density at radius 2 is 2.08 bits per heavy atom. The number of carboxylic acids is 2. The molecular formula is C16H22N4O4. The topological polar surface area (TPSA) is 117 Å². The fourth-order valence-electron chi connectivity index (χ4n) is 2.53. The molecule has 0 spiro atoms. The highest BCUT2D eigenvalue weighted by Gasteiger charge is 2.23.